The minimum absolute atomic E-state index is 0.142. The van der Waals surface area contributed by atoms with E-state index in [1.807, 2.05) is 19.2 Å². The van der Waals surface area contributed by atoms with E-state index in [2.05, 4.69) is 25.6 Å². The fourth-order valence-electron chi connectivity index (χ4n) is 1.48. The highest BCUT2D eigenvalue weighted by molar-refractivity contribution is 7.09. The summed E-state index contributed by atoms with van der Waals surface area (Å²) in [7, 11) is 1.75. The number of hydrogen-bond donors (Lipinski definition) is 2. The minimum Gasteiger partial charge on any atom is -0.372 e. The topological polar surface area (TPSA) is 79.8 Å². The first-order valence-electron chi connectivity index (χ1n) is 5.83. The van der Waals surface area contributed by atoms with Crippen molar-refractivity contribution in [2.45, 2.75) is 19.9 Å². The Labute approximate surface area is 115 Å². The van der Waals surface area contributed by atoms with Crippen molar-refractivity contribution in [1.29, 1.82) is 0 Å². The normalized spacial score (nSPS) is 11.9. The van der Waals surface area contributed by atoms with E-state index in [0.717, 1.165) is 10.7 Å². The van der Waals surface area contributed by atoms with Gasteiger partial charge in [-0.2, -0.15) is 0 Å². The van der Waals surface area contributed by atoms with Crippen LogP contribution in [0.4, 0.5) is 5.82 Å². The van der Waals surface area contributed by atoms with Crippen molar-refractivity contribution in [2.75, 3.05) is 12.4 Å². The van der Waals surface area contributed by atoms with Crippen molar-refractivity contribution in [3.05, 3.63) is 34.2 Å². The fourth-order valence-corrected chi connectivity index (χ4v) is 2.28. The number of aromatic nitrogens is 3. The summed E-state index contributed by atoms with van der Waals surface area (Å²) >= 11 is 1.53. The predicted molar refractivity (Wildman–Crippen MR) is 74.3 cm³/mol. The Balaban J connectivity index is 2.03. The third-order valence-electron chi connectivity index (χ3n) is 2.50. The van der Waals surface area contributed by atoms with Gasteiger partial charge in [0.1, 0.15) is 16.5 Å². The maximum atomic E-state index is 12.0. The molecular formula is C12H15N5OS. The number of hydrogen-bond acceptors (Lipinski definition) is 6. The van der Waals surface area contributed by atoms with E-state index in [4.69, 9.17) is 0 Å². The third-order valence-corrected chi connectivity index (χ3v) is 3.64. The van der Waals surface area contributed by atoms with Crippen LogP contribution in [0.15, 0.2) is 17.8 Å². The zero-order valence-corrected chi connectivity index (χ0v) is 11.8. The van der Waals surface area contributed by atoms with E-state index in [1.54, 1.807) is 7.05 Å². The molecule has 1 atom stereocenters. The molecule has 1 amide bonds. The van der Waals surface area contributed by atoms with Crippen LogP contribution in [0, 0.1) is 6.92 Å². The van der Waals surface area contributed by atoms with Gasteiger partial charge in [0, 0.05) is 18.1 Å². The van der Waals surface area contributed by atoms with Crippen molar-refractivity contribution in [3.63, 3.8) is 0 Å². The Morgan fingerprint density at radius 3 is 2.68 bits per heavy atom. The SMILES string of the molecule is CNc1cnc(C(=O)NC(C)c2nc(C)cs2)cn1. The van der Waals surface area contributed by atoms with E-state index in [1.165, 1.54) is 23.7 Å². The van der Waals surface area contributed by atoms with Crippen LogP contribution in [-0.2, 0) is 0 Å². The highest BCUT2D eigenvalue weighted by Crippen LogP contribution is 2.17. The second-order valence-corrected chi connectivity index (χ2v) is 4.95. The number of nitrogens with zero attached hydrogens (tertiary/aromatic N) is 3. The van der Waals surface area contributed by atoms with Crippen LogP contribution in [0.5, 0.6) is 0 Å². The molecule has 0 aliphatic carbocycles. The molecule has 0 spiro atoms. The van der Waals surface area contributed by atoms with Gasteiger partial charge in [0.15, 0.2) is 0 Å². The molecule has 2 N–H and O–H groups in total. The van der Waals surface area contributed by atoms with Gasteiger partial charge in [-0.15, -0.1) is 11.3 Å². The van der Waals surface area contributed by atoms with E-state index in [0.29, 0.717) is 11.5 Å². The van der Waals surface area contributed by atoms with Gasteiger partial charge in [0.05, 0.1) is 18.4 Å². The van der Waals surface area contributed by atoms with E-state index in [9.17, 15) is 4.79 Å². The van der Waals surface area contributed by atoms with Gasteiger partial charge in [-0.3, -0.25) is 4.79 Å². The summed E-state index contributed by atoms with van der Waals surface area (Å²) < 4.78 is 0. The number of amides is 1. The lowest BCUT2D eigenvalue weighted by Gasteiger charge is -2.10. The first kappa shape index (κ1) is 13.4. The van der Waals surface area contributed by atoms with E-state index in [-0.39, 0.29) is 11.9 Å². The number of aryl methyl sites for hydroxylation is 1. The third kappa shape index (κ3) is 3.25. The first-order valence-corrected chi connectivity index (χ1v) is 6.71. The largest absolute Gasteiger partial charge is 0.372 e. The molecular weight excluding hydrogens is 262 g/mol. The lowest BCUT2D eigenvalue weighted by molar-refractivity contribution is 0.0934. The summed E-state index contributed by atoms with van der Waals surface area (Å²) in [6.07, 6.45) is 2.97. The average Bonchev–Trinajstić information content (AvgIpc) is 2.85. The van der Waals surface area contributed by atoms with Crippen LogP contribution in [0.2, 0.25) is 0 Å². The van der Waals surface area contributed by atoms with Crippen LogP contribution in [0.25, 0.3) is 0 Å². The molecule has 0 aliphatic heterocycles. The van der Waals surface area contributed by atoms with Gasteiger partial charge in [-0.25, -0.2) is 15.0 Å². The Hall–Kier alpha value is -2.02. The van der Waals surface area contributed by atoms with Gasteiger partial charge < -0.3 is 10.6 Å². The molecule has 6 nitrogen and oxygen atoms in total. The van der Waals surface area contributed by atoms with Gasteiger partial charge in [-0.1, -0.05) is 0 Å². The molecule has 0 radical (unpaired) electrons. The summed E-state index contributed by atoms with van der Waals surface area (Å²) in [5.41, 5.74) is 1.25. The fraction of sp³-hybridized carbons (Fsp3) is 0.333. The van der Waals surface area contributed by atoms with Crippen LogP contribution in [0.3, 0.4) is 0 Å². The molecule has 100 valence electrons. The highest BCUT2D eigenvalue weighted by atomic mass is 32.1. The van der Waals surface area contributed by atoms with Crippen molar-refractivity contribution in [1.82, 2.24) is 20.3 Å². The first-order chi connectivity index (χ1) is 9.10. The van der Waals surface area contributed by atoms with Crippen molar-refractivity contribution in [3.8, 4) is 0 Å². The highest BCUT2D eigenvalue weighted by Gasteiger charge is 2.15. The maximum absolute atomic E-state index is 12.0. The van der Waals surface area contributed by atoms with Crippen LogP contribution in [0.1, 0.15) is 34.2 Å². The van der Waals surface area contributed by atoms with Crippen molar-refractivity contribution < 1.29 is 4.79 Å². The lowest BCUT2D eigenvalue weighted by Crippen LogP contribution is -2.27. The number of anilines is 1. The summed E-state index contributed by atoms with van der Waals surface area (Å²) in [4.78, 5) is 24.4. The Kier molecular flexibility index (Phi) is 4.06. The second kappa shape index (κ2) is 5.75. The molecule has 19 heavy (non-hydrogen) atoms. The molecule has 0 saturated heterocycles. The molecule has 0 bridgehead atoms. The lowest BCUT2D eigenvalue weighted by atomic mass is 10.3. The maximum Gasteiger partial charge on any atom is 0.272 e. The van der Waals surface area contributed by atoms with Crippen molar-refractivity contribution >= 4 is 23.1 Å². The quantitative estimate of drug-likeness (QED) is 0.890. The van der Waals surface area contributed by atoms with Gasteiger partial charge >= 0.3 is 0 Å². The number of thiazole rings is 1. The number of nitrogens with one attached hydrogen (secondary N) is 2. The van der Waals surface area contributed by atoms with Crippen LogP contribution < -0.4 is 10.6 Å². The number of rotatable bonds is 4. The summed E-state index contributed by atoms with van der Waals surface area (Å²) in [6, 6.07) is -0.142. The Morgan fingerprint density at radius 2 is 2.16 bits per heavy atom. The Bertz CT molecular complexity index is 566. The second-order valence-electron chi connectivity index (χ2n) is 4.06. The molecule has 2 heterocycles. The van der Waals surface area contributed by atoms with Gasteiger partial charge in [0.25, 0.3) is 5.91 Å². The molecule has 2 aromatic rings. The molecule has 0 aromatic carbocycles. The van der Waals surface area contributed by atoms with Crippen LogP contribution in [-0.4, -0.2) is 27.9 Å². The van der Waals surface area contributed by atoms with E-state index < -0.39 is 0 Å². The molecule has 7 heteroatoms. The molecule has 0 fully saturated rings. The average molecular weight is 277 g/mol. The summed E-state index contributed by atoms with van der Waals surface area (Å²) in [5.74, 6) is 0.371. The van der Waals surface area contributed by atoms with Crippen molar-refractivity contribution in [2.24, 2.45) is 0 Å². The predicted octanol–water partition coefficient (Wildman–Crippen LogP) is 1.77. The van der Waals surface area contributed by atoms with Gasteiger partial charge in [0.2, 0.25) is 0 Å². The standard InChI is InChI=1S/C12H15N5OS/c1-7-6-19-12(16-7)8(2)17-11(18)9-4-15-10(13-3)5-14-9/h4-6,8H,1-3H3,(H,13,15)(H,17,18). The molecule has 2 aromatic heterocycles. The van der Waals surface area contributed by atoms with E-state index >= 15 is 0 Å². The monoisotopic (exact) mass is 277 g/mol. The minimum atomic E-state index is -0.254. The molecule has 2 rings (SSSR count). The summed E-state index contributed by atoms with van der Waals surface area (Å²) in [5, 5.41) is 8.54. The Morgan fingerprint density at radius 1 is 1.37 bits per heavy atom. The smallest absolute Gasteiger partial charge is 0.272 e. The molecule has 0 saturated carbocycles. The zero-order valence-electron chi connectivity index (χ0n) is 11.0. The zero-order chi connectivity index (χ0) is 13.8. The molecule has 1 unspecified atom stereocenters. The number of carbonyl (C=O) groups is 1. The van der Waals surface area contributed by atoms with Gasteiger partial charge in [-0.05, 0) is 13.8 Å². The van der Waals surface area contributed by atoms with Crippen LogP contribution >= 0.6 is 11.3 Å². The molecule has 0 aliphatic rings. The number of carbonyl (C=O) groups excluding carboxylic acids is 1. The summed E-state index contributed by atoms with van der Waals surface area (Å²) in [6.45, 7) is 3.82.